The van der Waals surface area contributed by atoms with Gasteiger partial charge in [-0.05, 0) is 42.8 Å². The van der Waals surface area contributed by atoms with Crippen LogP contribution in [-0.2, 0) is 10.2 Å². The molecule has 1 unspecified atom stereocenters. The maximum absolute atomic E-state index is 12.7. The molecular formula is C19H19NO3. The van der Waals surface area contributed by atoms with E-state index >= 15 is 0 Å². The number of Topliss-reactive ketones (excluding diaryl/α,β-unsaturated/α-hetero) is 1. The Morgan fingerprint density at radius 2 is 1.78 bits per heavy atom. The highest BCUT2D eigenvalue weighted by atomic mass is 16.5. The van der Waals surface area contributed by atoms with Crippen LogP contribution in [0.2, 0.25) is 0 Å². The average Bonchev–Trinajstić information content (AvgIpc) is 2.77. The molecule has 0 spiro atoms. The highest BCUT2D eigenvalue weighted by Crippen LogP contribution is 2.43. The van der Waals surface area contributed by atoms with Crippen LogP contribution in [0.3, 0.4) is 0 Å². The van der Waals surface area contributed by atoms with Crippen molar-refractivity contribution < 1.29 is 14.3 Å². The van der Waals surface area contributed by atoms with E-state index in [1.54, 1.807) is 43.3 Å². The zero-order chi connectivity index (χ0) is 16.6. The smallest absolute Gasteiger partial charge is 0.237 e. The molecule has 1 amide bonds. The van der Waals surface area contributed by atoms with Crippen LogP contribution < -0.4 is 9.64 Å². The molecule has 0 fully saturated rings. The third kappa shape index (κ3) is 2.40. The van der Waals surface area contributed by atoms with Crippen LogP contribution in [0.5, 0.6) is 5.75 Å². The van der Waals surface area contributed by atoms with Crippen LogP contribution in [-0.4, -0.2) is 25.8 Å². The van der Waals surface area contributed by atoms with Gasteiger partial charge in [-0.3, -0.25) is 9.59 Å². The number of carbonyl (C=O) groups is 2. The second kappa shape index (κ2) is 5.54. The summed E-state index contributed by atoms with van der Waals surface area (Å²) in [6.07, 6.45) is 0.152. The van der Waals surface area contributed by atoms with Crippen LogP contribution >= 0.6 is 0 Å². The number of hydrogen-bond donors (Lipinski definition) is 0. The number of methoxy groups -OCH3 is 1. The minimum atomic E-state index is -0.817. The fraction of sp³-hybridized carbons (Fsp3) is 0.263. The van der Waals surface area contributed by atoms with E-state index in [0.717, 1.165) is 11.3 Å². The Balaban J connectivity index is 1.92. The Labute approximate surface area is 135 Å². The Bertz CT molecular complexity index is 766. The molecule has 23 heavy (non-hydrogen) atoms. The number of fused-ring (bicyclic) bond motifs is 1. The zero-order valence-corrected chi connectivity index (χ0v) is 13.5. The minimum Gasteiger partial charge on any atom is -0.497 e. The van der Waals surface area contributed by atoms with Crippen LogP contribution in [0.1, 0.15) is 29.3 Å². The van der Waals surface area contributed by atoms with Gasteiger partial charge < -0.3 is 9.64 Å². The monoisotopic (exact) mass is 309 g/mol. The highest BCUT2D eigenvalue weighted by molar-refractivity contribution is 6.11. The van der Waals surface area contributed by atoms with E-state index in [4.69, 9.17) is 4.74 Å². The van der Waals surface area contributed by atoms with E-state index in [-0.39, 0.29) is 18.1 Å². The first-order valence-electron chi connectivity index (χ1n) is 7.52. The number of ketones is 1. The number of likely N-dealkylation sites (N-methyl/N-ethyl adjacent to an activating group) is 1. The Morgan fingerprint density at radius 3 is 2.43 bits per heavy atom. The number of carbonyl (C=O) groups excluding carboxylic acids is 2. The fourth-order valence-electron chi connectivity index (χ4n) is 3.20. The van der Waals surface area contributed by atoms with Gasteiger partial charge in [0.1, 0.15) is 5.75 Å². The summed E-state index contributed by atoms with van der Waals surface area (Å²) in [5, 5.41) is 0. The summed E-state index contributed by atoms with van der Waals surface area (Å²) >= 11 is 0. The van der Waals surface area contributed by atoms with E-state index < -0.39 is 5.41 Å². The number of anilines is 1. The predicted molar refractivity (Wildman–Crippen MR) is 89.1 cm³/mol. The fourth-order valence-corrected chi connectivity index (χ4v) is 3.20. The molecule has 1 heterocycles. The van der Waals surface area contributed by atoms with Crippen LogP contribution in [0.15, 0.2) is 48.5 Å². The van der Waals surface area contributed by atoms with Gasteiger partial charge in [-0.1, -0.05) is 18.2 Å². The highest BCUT2D eigenvalue weighted by Gasteiger charge is 2.47. The normalized spacial score (nSPS) is 19.6. The first-order chi connectivity index (χ1) is 11.0. The maximum atomic E-state index is 12.7. The van der Waals surface area contributed by atoms with Gasteiger partial charge in [-0.2, -0.15) is 0 Å². The molecule has 2 aromatic rings. The number of para-hydroxylation sites is 1. The van der Waals surface area contributed by atoms with Crippen molar-refractivity contribution in [1.29, 1.82) is 0 Å². The molecule has 2 aromatic carbocycles. The van der Waals surface area contributed by atoms with Crippen molar-refractivity contribution in [3.63, 3.8) is 0 Å². The van der Waals surface area contributed by atoms with Crippen molar-refractivity contribution in [3.8, 4) is 5.75 Å². The molecule has 3 rings (SSSR count). The Morgan fingerprint density at radius 1 is 1.13 bits per heavy atom. The topological polar surface area (TPSA) is 46.6 Å². The van der Waals surface area contributed by atoms with Crippen molar-refractivity contribution >= 4 is 17.4 Å². The number of rotatable bonds is 4. The van der Waals surface area contributed by atoms with Gasteiger partial charge in [0.15, 0.2) is 5.78 Å². The number of benzene rings is 2. The van der Waals surface area contributed by atoms with Crippen LogP contribution in [0, 0.1) is 0 Å². The number of ether oxygens (including phenoxy) is 1. The first kappa shape index (κ1) is 15.3. The third-order valence-electron chi connectivity index (χ3n) is 4.56. The summed E-state index contributed by atoms with van der Waals surface area (Å²) < 4.78 is 5.11. The summed E-state index contributed by atoms with van der Waals surface area (Å²) in [6.45, 7) is 1.85. The average molecular weight is 309 g/mol. The van der Waals surface area contributed by atoms with Crippen molar-refractivity contribution in [1.82, 2.24) is 0 Å². The summed E-state index contributed by atoms with van der Waals surface area (Å²) in [4.78, 5) is 27.0. The summed E-state index contributed by atoms with van der Waals surface area (Å²) in [7, 11) is 3.34. The van der Waals surface area contributed by atoms with Crippen molar-refractivity contribution in [2.45, 2.75) is 18.8 Å². The summed E-state index contributed by atoms with van der Waals surface area (Å²) in [5.41, 5.74) is 1.56. The van der Waals surface area contributed by atoms with Gasteiger partial charge in [0.2, 0.25) is 5.91 Å². The maximum Gasteiger partial charge on any atom is 0.237 e. The largest absolute Gasteiger partial charge is 0.497 e. The van der Waals surface area contributed by atoms with E-state index in [1.165, 1.54) is 0 Å². The third-order valence-corrected chi connectivity index (χ3v) is 4.56. The van der Waals surface area contributed by atoms with Gasteiger partial charge in [0.25, 0.3) is 0 Å². The van der Waals surface area contributed by atoms with E-state index in [0.29, 0.717) is 11.3 Å². The van der Waals surface area contributed by atoms with E-state index in [2.05, 4.69) is 0 Å². The lowest BCUT2D eigenvalue weighted by Gasteiger charge is -2.22. The van der Waals surface area contributed by atoms with Gasteiger partial charge >= 0.3 is 0 Å². The predicted octanol–water partition coefficient (Wildman–Crippen LogP) is 3.20. The van der Waals surface area contributed by atoms with Gasteiger partial charge in [0, 0.05) is 24.7 Å². The molecule has 0 bridgehead atoms. The lowest BCUT2D eigenvalue weighted by Crippen LogP contribution is -2.37. The van der Waals surface area contributed by atoms with Gasteiger partial charge in [-0.15, -0.1) is 0 Å². The van der Waals surface area contributed by atoms with E-state index in [1.807, 2.05) is 31.2 Å². The van der Waals surface area contributed by atoms with Crippen molar-refractivity contribution in [3.05, 3.63) is 59.7 Å². The lowest BCUT2D eigenvalue weighted by atomic mass is 9.78. The van der Waals surface area contributed by atoms with Crippen LogP contribution in [0.4, 0.5) is 5.69 Å². The van der Waals surface area contributed by atoms with Crippen molar-refractivity contribution in [2.24, 2.45) is 0 Å². The molecule has 1 atom stereocenters. The minimum absolute atomic E-state index is 0.0411. The summed E-state index contributed by atoms with van der Waals surface area (Å²) in [6, 6.07) is 14.6. The lowest BCUT2D eigenvalue weighted by molar-refractivity contribution is -0.122. The molecule has 0 saturated heterocycles. The molecule has 0 aromatic heterocycles. The number of amides is 1. The molecule has 0 saturated carbocycles. The second-order valence-electron chi connectivity index (χ2n) is 6.04. The SMILES string of the molecule is COc1ccc(C(=O)CC2(C)C(=O)N(C)c3ccccc32)cc1. The number of nitrogens with zero attached hydrogens (tertiary/aromatic N) is 1. The van der Waals surface area contributed by atoms with Gasteiger partial charge in [0.05, 0.1) is 12.5 Å². The molecule has 118 valence electrons. The molecular weight excluding hydrogens is 290 g/mol. The molecule has 1 aliphatic heterocycles. The van der Waals surface area contributed by atoms with Crippen molar-refractivity contribution in [2.75, 3.05) is 19.1 Å². The molecule has 1 aliphatic rings. The quantitative estimate of drug-likeness (QED) is 0.815. The summed E-state index contributed by atoms with van der Waals surface area (Å²) in [5.74, 6) is 0.615. The molecule has 0 N–H and O–H groups in total. The standard InChI is InChI=1S/C19H19NO3/c1-19(12-17(21)13-8-10-14(23-3)11-9-13)15-6-4-5-7-16(15)20(2)18(19)22/h4-11H,12H2,1-3H3. The molecule has 0 aliphatic carbocycles. The molecule has 0 radical (unpaired) electrons. The Hall–Kier alpha value is -2.62. The second-order valence-corrected chi connectivity index (χ2v) is 6.04. The number of hydrogen-bond acceptors (Lipinski definition) is 3. The molecule has 4 heteroatoms. The van der Waals surface area contributed by atoms with Gasteiger partial charge in [-0.25, -0.2) is 0 Å². The zero-order valence-electron chi connectivity index (χ0n) is 13.5. The Kier molecular flexibility index (Phi) is 3.68. The first-order valence-corrected chi connectivity index (χ1v) is 7.52. The van der Waals surface area contributed by atoms with E-state index in [9.17, 15) is 9.59 Å². The van der Waals surface area contributed by atoms with Crippen LogP contribution in [0.25, 0.3) is 0 Å². The molecule has 4 nitrogen and oxygen atoms in total.